The topological polar surface area (TPSA) is 65.1 Å². The van der Waals surface area contributed by atoms with Gasteiger partial charge in [0.15, 0.2) is 0 Å². The Balaban J connectivity index is 1.57. The summed E-state index contributed by atoms with van der Waals surface area (Å²) in [6.45, 7) is 5.40. The second kappa shape index (κ2) is 9.39. The first-order chi connectivity index (χ1) is 11.3. The van der Waals surface area contributed by atoms with Gasteiger partial charge < -0.3 is 14.2 Å². The van der Waals surface area contributed by atoms with Crippen molar-refractivity contribution in [1.29, 1.82) is 0 Å². The van der Waals surface area contributed by atoms with Crippen LogP contribution in [0.15, 0.2) is 24.3 Å². The molecule has 1 aromatic carbocycles. The van der Waals surface area contributed by atoms with E-state index in [1.165, 1.54) is 4.90 Å². The zero-order valence-electron chi connectivity index (χ0n) is 13.5. The Bertz CT molecular complexity index is 496. The van der Waals surface area contributed by atoms with Crippen LogP contribution in [0.2, 0.25) is 0 Å². The molecule has 0 aromatic heterocycles. The summed E-state index contributed by atoms with van der Waals surface area (Å²) in [4.78, 5) is 25.4. The number of nitrogens with zero attached hydrogens (tertiary/aromatic N) is 1. The molecule has 1 aromatic rings. The van der Waals surface area contributed by atoms with Gasteiger partial charge in [-0.05, 0) is 18.6 Å². The number of hydrogen-bond acceptors (Lipinski definition) is 5. The Morgan fingerprint density at radius 2 is 1.26 bits per heavy atom. The second-order valence-electron chi connectivity index (χ2n) is 5.14. The molecule has 1 heterocycles. The van der Waals surface area contributed by atoms with E-state index in [1.54, 1.807) is 24.3 Å². The summed E-state index contributed by atoms with van der Waals surface area (Å²) < 4.78 is 16.0. The van der Waals surface area contributed by atoms with E-state index in [0.29, 0.717) is 44.2 Å². The molecule has 0 N–H and O–H groups in total. The molecule has 6 nitrogen and oxygen atoms in total. The van der Waals surface area contributed by atoms with Gasteiger partial charge in [-0.3, -0.25) is 14.5 Å². The van der Waals surface area contributed by atoms with Crippen LogP contribution in [0.3, 0.4) is 0 Å². The first-order valence-corrected chi connectivity index (χ1v) is 7.94. The molecule has 0 saturated carbocycles. The number of imide groups is 1. The number of fused-ring (bicyclic) bond motifs is 1. The van der Waals surface area contributed by atoms with E-state index in [4.69, 9.17) is 14.2 Å². The van der Waals surface area contributed by atoms with Gasteiger partial charge in [0.05, 0.1) is 50.7 Å². The molecule has 6 heteroatoms. The maximum Gasteiger partial charge on any atom is 0.261 e. The average Bonchev–Trinajstić information content (AvgIpc) is 2.81. The monoisotopic (exact) mass is 321 g/mol. The van der Waals surface area contributed by atoms with Gasteiger partial charge in [0.25, 0.3) is 11.8 Å². The zero-order chi connectivity index (χ0) is 16.5. The van der Waals surface area contributed by atoms with E-state index >= 15 is 0 Å². The predicted molar refractivity (Wildman–Crippen MR) is 84.6 cm³/mol. The van der Waals surface area contributed by atoms with Crippen LogP contribution in [0, 0.1) is 0 Å². The molecule has 1 aliphatic rings. The van der Waals surface area contributed by atoms with Crippen LogP contribution >= 0.6 is 0 Å². The van der Waals surface area contributed by atoms with E-state index in [9.17, 15) is 9.59 Å². The van der Waals surface area contributed by atoms with Crippen LogP contribution in [-0.4, -0.2) is 62.9 Å². The minimum Gasteiger partial charge on any atom is -0.379 e. The van der Waals surface area contributed by atoms with Crippen LogP contribution in [0.25, 0.3) is 0 Å². The van der Waals surface area contributed by atoms with Crippen molar-refractivity contribution in [1.82, 2.24) is 4.90 Å². The van der Waals surface area contributed by atoms with Gasteiger partial charge in [0.2, 0.25) is 0 Å². The summed E-state index contributed by atoms with van der Waals surface area (Å²) >= 11 is 0. The number of hydrogen-bond donors (Lipinski definition) is 0. The molecular weight excluding hydrogens is 298 g/mol. The first-order valence-electron chi connectivity index (χ1n) is 7.94. The smallest absolute Gasteiger partial charge is 0.261 e. The summed E-state index contributed by atoms with van der Waals surface area (Å²) in [5, 5.41) is 0. The minimum atomic E-state index is -0.251. The summed E-state index contributed by atoms with van der Waals surface area (Å²) in [5.41, 5.74) is 0.931. The maximum absolute atomic E-state index is 12.1. The second-order valence-corrected chi connectivity index (χ2v) is 5.14. The van der Waals surface area contributed by atoms with Crippen molar-refractivity contribution >= 4 is 11.8 Å². The normalized spacial score (nSPS) is 13.7. The van der Waals surface area contributed by atoms with Crippen LogP contribution in [-0.2, 0) is 14.2 Å². The van der Waals surface area contributed by atoms with Crippen molar-refractivity contribution in [3.05, 3.63) is 35.4 Å². The molecule has 0 atom stereocenters. The van der Waals surface area contributed by atoms with E-state index < -0.39 is 0 Å². The first kappa shape index (κ1) is 17.6. The summed E-state index contributed by atoms with van der Waals surface area (Å²) in [7, 11) is 0. The summed E-state index contributed by atoms with van der Waals surface area (Å²) in [6, 6.07) is 6.85. The molecule has 0 unspecified atom stereocenters. The third-order valence-electron chi connectivity index (χ3n) is 3.43. The molecule has 0 spiro atoms. The van der Waals surface area contributed by atoms with Gasteiger partial charge in [-0.2, -0.15) is 0 Å². The molecule has 23 heavy (non-hydrogen) atoms. The zero-order valence-corrected chi connectivity index (χ0v) is 13.5. The number of rotatable bonds is 11. The fourth-order valence-electron chi connectivity index (χ4n) is 2.28. The highest BCUT2D eigenvalue weighted by atomic mass is 16.5. The van der Waals surface area contributed by atoms with E-state index in [2.05, 4.69) is 6.92 Å². The standard InChI is InChI=1S/C17H23NO5/c1-2-8-21-10-12-23-13-11-22-9-7-18-16(19)14-5-3-4-6-15(14)17(18)20/h3-6H,2,7-13H2,1H3. The molecule has 2 amide bonds. The number of carbonyl (C=O) groups is 2. The van der Waals surface area contributed by atoms with Crippen molar-refractivity contribution in [2.75, 3.05) is 46.2 Å². The molecule has 0 bridgehead atoms. The number of benzene rings is 1. The quantitative estimate of drug-likeness (QED) is 0.459. The molecule has 2 rings (SSSR count). The lowest BCUT2D eigenvalue weighted by Crippen LogP contribution is -2.33. The van der Waals surface area contributed by atoms with E-state index in [-0.39, 0.29) is 18.4 Å². The van der Waals surface area contributed by atoms with E-state index in [0.717, 1.165) is 13.0 Å². The summed E-state index contributed by atoms with van der Waals surface area (Å²) in [5.74, 6) is -0.503. The number of ether oxygens (including phenoxy) is 3. The van der Waals surface area contributed by atoms with Gasteiger partial charge in [-0.1, -0.05) is 19.1 Å². The Morgan fingerprint density at radius 3 is 1.78 bits per heavy atom. The highest BCUT2D eigenvalue weighted by molar-refractivity contribution is 6.21. The van der Waals surface area contributed by atoms with Crippen molar-refractivity contribution in [2.24, 2.45) is 0 Å². The van der Waals surface area contributed by atoms with Gasteiger partial charge in [-0.25, -0.2) is 0 Å². The lowest BCUT2D eigenvalue weighted by Gasteiger charge is -2.13. The van der Waals surface area contributed by atoms with Crippen molar-refractivity contribution in [2.45, 2.75) is 13.3 Å². The lowest BCUT2D eigenvalue weighted by atomic mass is 10.1. The highest BCUT2D eigenvalue weighted by Crippen LogP contribution is 2.21. The Kier molecular flexibility index (Phi) is 7.19. The predicted octanol–water partition coefficient (Wildman–Crippen LogP) is 1.74. The van der Waals surface area contributed by atoms with Crippen molar-refractivity contribution < 1.29 is 23.8 Å². The van der Waals surface area contributed by atoms with Gasteiger partial charge in [0, 0.05) is 6.61 Å². The lowest BCUT2D eigenvalue weighted by molar-refractivity contribution is 0.0113. The van der Waals surface area contributed by atoms with Crippen LogP contribution in [0.1, 0.15) is 34.1 Å². The van der Waals surface area contributed by atoms with E-state index in [1.807, 2.05) is 0 Å². The molecule has 126 valence electrons. The summed E-state index contributed by atoms with van der Waals surface area (Å²) in [6.07, 6.45) is 1.00. The Labute approximate surface area is 136 Å². The average molecular weight is 321 g/mol. The molecule has 0 saturated heterocycles. The van der Waals surface area contributed by atoms with Gasteiger partial charge in [-0.15, -0.1) is 0 Å². The maximum atomic E-state index is 12.1. The van der Waals surface area contributed by atoms with Crippen LogP contribution < -0.4 is 0 Å². The molecule has 1 aliphatic heterocycles. The molecular formula is C17H23NO5. The molecule has 0 aliphatic carbocycles. The van der Waals surface area contributed by atoms with Crippen LogP contribution in [0.5, 0.6) is 0 Å². The fraction of sp³-hybridized carbons (Fsp3) is 0.529. The number of carbonyl (C=O) groups excluding carboxylic acids is 2. The van der Waals surface area contributed by atoms with Gasteiger partial charge in [0.1, 0.15) is 0 Å². The third kappa shape index (κ3) is 4.86. The Hall–Kier alpha value is -1.76. The molecule has 0 fully saturated rings. The number of amides is 2. The minimum absolute atomic E-state index is 0.251. The SMILES string of the molecule is CCCOCCOCCOCCN1C(=O)c2ccccc2C1=O. The third-order valence-corrected chi connectivity index (χ3v) is 3.43. The van der Waals surface area contributed by atoms with Gasteiger partial charge >= 0.3 is 0 Å². The Morgan fingerprint density at radius 1 is 0.783 bits per heavy atom. The van der Waals surface area contributed by atoms with Crippen LogP contribution in [0.4, 0.5) is 0 Å². The highest BCUT2D eigenvalue weighted by Gasteiger charge is 2.34. The largest absolute Gasteiger partial charge is 0.379 e. The fourth-order valence-corrected chi connectivity index (χ4v) is 2.28. The van der Waals surface area contributed by atoms with Crippen molar-refractivity contribution in [3.63, 3.8) is 0 Å². The van der Waals surface area contributed by atoms with Crippen molar-refractivity contribution in [3.8, 4) is 0 Å². The molecule has 0 radical (unpaired) electrons.